The molecule has 108 valence electrons. The first-order chi connectivity index (χ1) is 8.74. The van der Waals surface area contributed by atoms with Crippen LogP contribution in [0, 0.1) is 17.3 Å². The average molecular weight is 268 g/mol. The summed E-state index contributed by atoms with van der Waals surface area (Å²) in [6.45, 7) is 5.25. The quantitative estimate of drug-likeness (QED) is 0.699. The molecule has 0 saturated heterocycles. The van der Waals surface area contributed by atoms with Crippen LogP contribution in [0.25, 0.3) is 0 Å². The zero-order valence-corrected chi connectivity index (χ0v) is 11.9. The molecule has 4 heteroatoms. The van der Waals surface area contributed by atoms with E-state index in [1.807, 2.05) is 13.8 Å². The van der Waals surface area contributed by atoms with Crippen molar-refractivity contribution in [3.8, 4) is 0 Å². The maximum atomic E-state index is 11.7. The van der Waals surface area contributed by atoms with E-state index in [0.29, 0.717) is 6.42 Å². The number of carbonyl (C=O) groups excluding carboxylic acids is 1. The number of rotatable bonds is 2. The largest absolute Gasteiger partial charge is 0.393 e. The third kappa shape index (κ3) is 2.16. The van der Waals surface area contributed by atoms with Gasteiger partial charge in [0.05, 0.1) is 12.2 Å². The van der Waals surface area contributed by atoms with Crippen LogP contribution in [-0.4, -0.2) is 39.4 Å². The predicted octanol–water partition coefficient (Wildman–Crippen LogP) is 1.04. The molecule has 1 fully saturated rings. The highest BCUT2D eigenvalue weighted by Crippen LogP contribution is 2.56. The zero-order valence-electron chi connectivity index (χ0n) is 11.9. The molecule has 3 N–H and O–H groups in total. The van der Waals surface area contributed by atoms with Crippen LogP contribution in [0.2, 0.25) is 0 Å². The lowest BCUT2D eigenvalue weighted by Crippen LogP contribution is -2.45. The number of carbonyl (C=O) groups is 1. The van der Waals surface area contributed by atoms with Gasteiger partial charge in [-0.05, 0) is 56.4 Å². The normalized spacial score (nSPS) is 42.3. The highest BCUT2D eigenvalue weighted by Gasteiger charge is 2.53. The van der Waals surface area contributed by atoms with Crippen molar-refractivity contribution in [1.29, 1.82) is 0 Å². The van der Waals surface area contributed by atoms with Crippen LogP contribution in [-0.2, 0) is 4.79 Å². The van der Waals surface area contributed by atoms with Gasteiger partial charge in [0.1, 0.15) is 6.10 Å². The van der Waals surface area contributed by atoms with E-state index in [2.05, 4.69) is 0 Å². The first-order valence-electron chi connectivity index (χ1n) is 6.98. The van der Waals surface area contributed by atoms with Crippen molar-refractivity contribution in [1.82, 2.24) is 0 Å². The molecule has 2 aliphatic carbocycles. The Kier molecular flexibility index (Phi) is 3.62. The molecule has 0 bridgehead atoms. The van der Waals surface area contributed by atoms with Crippen LogP contribution >= 0.6 is 0 Å². The van der Waals surface area contributed by atoms with Gasteiger partial charge in [-0.3, -0.25) is 4.79 Å². The summed E-state index contributed by atoms with van der Waals surface area (Å²) in [5.41, 5.74) is -0.292. The molecule has 1 saturated carbocycles. The molecule has 4 nitrogen and oxygen atoms in total. The van der Waals surface area contributed by atoms with Crippen LogP contribution in [0.4, 0.5) is 0 Å². The van der Waals surface area contributed by atoms with Gasteiger partial charge in [0.15, 0.2) is 5.78 Å². The van der Waals surface area contributed by atoms with Crippen molar-refractivity contribution in [3.05, 3.63) is 11.6 Å². The van der Waals surface area contributed by atoms with Crippen LogP contribution in [0.1, 0.15) is 40.0 Å². The summed E-state index contributed by atoms with van der Waals surface area (Å²) in [4.78, 5) is 11.7. The fourth-order valence-corrected chi connectivity index (χ4v) is 3.86. The highest BCUT2D eigenvalue weighted by atomic mass is 16.3. The van der Waals surface area contributed by atoms with E-state index in [4.69, 9.17) is 0 Å². The molecule has 0 unspecified atom stereocenters. The number of hydrogen-bond acceptors (Lipinski definition) is 4. The van der Waals surface area contributed by atoms with Gasteiger partial charge in [0.25, 0.3) is 0 Å². The monoisotopic (exact) mass is 268 g/mol. The second-order valence-electron chi connectivity index (χ2n) is 6.57. The summed E-state index contributed by atoms with van der Waals surface area (Å²) >= 11 is 0. The summed E-state index contributed by atoms with van der Waals surface area (Å²) in [6.07, 6.45) is 2.99. The minimum atomic E-state index is -1.09. The van der Waals surface area contributed by atoms with E-state index in [1.165, 1.54) is 0 Å². The molecular weight excluding hydrogens is 244 g/mol. The topological polar surface area (TPSA) is 77.8 Å². The standard InChI is InChI=1S/C15H24O4/c1-9-6-12(17)13(18)10(2)15(9)5-4-11(7-15)14(3,19)8-16/h6,10-11,13,16,18-19H,4-5,7-8H2,1-3H3/t10-,11+,13+,14+,15-/m0/s1. The molecule has 0 aromatic rings. The Morgan fingerprint density at radius 1 is 1.53 bits per heavy atom. The Morgan fingerprint density at radius 2 is 2.16 bits per heavy atom. The van der Waals surface area contributed by atoms with Crippen molar-refractivity contribution >= 4 is 5.78 Å². The second kappa shape index (κ2) is 4.69. The summed E-state index contributed by atoms with van der Waals surface area (Å²) in [5.74, 6) is -0.346. The third-order valence-corrected chi connectivity index (χ3v) is 5.53. The van der Waals surface area contributed by atoms with Gasteiger partial charge >= 0.3 is 0 Å². The maximum Gasteiger partial charge on any atom is 0.184 e. The Hall–Kier alpha value is -0.710. The second-order valence-corrected chi connectivity index (χ2v) is 6.57. The summed E-state index contributed by atoms with van der Waals surface area (Å²) in [6, 6.07) is 0. The van der Waals surface area contributed by atoms with Gasteiger partial charge in [-0.25, -0.2) is 0 Å². The fourth-order valence-electron chi connectivity index (χ4n) is 3.86. The first-order valence-corrected chi connectivity index (χ1v) is 6.98. The summed E-state index contributed by atoms with van der Waals surface area (Å²) in [5, 5.41) is 29.6. The number of ketones is 1. The summed E-state index contributed by atoms with van der Waals surface area (Å²) in [7, 11) is 0. The van der Waals surface area contributed by atoms with Gasteiger partial charge < -0.3 is 15.3 Å². The van der Waals surface area contributed by atoms with E-state index in [0.717, 1.165) is 18.4 Å². The van der Waals surface area contributed by atoms with Crippen molar-refractivity contribution in [2.75, 3.05) is 6.61 Å². The van der Waals surface area contributed by atoms with Crippen molar-refractivity contribution in [2.24, 2.45) is 17.3 Å². The lowest BCUT2D eigenvalue weighted by atomic mass is 9.63. The van der Waals surface area contributed by atoms with E-state index in [1.54, 1.807) is 13.0 Å². The van der Waals surface area contributed by atoms with Crippen molar-refractivity contribution in [2.45, 2.75) is 51.7 Å². The van der Waals surface area contributed by atoms with Gasteiger partial charge in [0, 0.05) is 0 Å². The first kappa shape index (κ1) is 14.7. The van der Waals surface area contributed by atoms with Crippen LogP contribution in [0.3, 0.4) is 0 Å². The Labute approximate surface area is 114 Å². The predicted molar refractivity (Wildman–Crippen MR) is 71.4 cm³/mol. The molecule has 0 radical (unpaired) electrons. The SMILES string of the molecule is CC1=CC(=O)[C@H](O)[C@H](C)[C@]12CC[C@@H]([C@](C)(O)CO)C2. The minimum absolute atomic E-state index is 0.00343. The maximum absolute atomic E-state index is 11.7. The molecule has 1 spiro atoms. The van der Waals surface area contributed by atoms with E-state index in [-0.39, 0.29) is 29.6 Å². The summed E-state index contributed by atoms with van der Waals surface area (Å²) < 4.78 is 0. The lowest BCUT2D eigenvalue weighted by molar-refractivity contribution is -0.128. The fraction of sp³-hybridized carbons (Fsp3) is 0.800. The Balaban J connectivity index is 2.30. The van der Waals surface area contributed by atoms with Gasteiger partial charge in [-0.15, -0.1) is 0 Å². The Bertz CT molecular complexity index is 412. The molecule has 0 aromatic heterocycles. The van der Waals surface area contributed by atoms with Crippen LogP contribution < -0.4 is 0 Å². The lowest BCUT2D eigenvalue weighted by Gasteiger charge is -2.43. The molecule has 19 heavy (non-hydrogen) atoms. The molecule has 2 rings (SSSR count). The van der Waals surface area contributed by atoms with Crippen LogP contribution in [0.15, 0.2) is 11.6 Å². The Morgan fingerprint density at radius 3 is 2.74 bits per heavy atom. The molecule has 0 heterocycles. The number of hydrogen-bond donors (Lipinski definition) is 3. The number of allylic oxidation sites excluding steroid dienone is 1. The molecule has 5 atom stereocenters. The number of aliphatic hydroxyl groups is 3. The molecule has 0 amide bonds. The molecule has 0 aliphatic heterocycles. The average Bonchev–Trinajstić information content (AvgIpc) is 2.82. The smallest absolute Gasteiger partial charge is 0.184 e. The third-order valence-electron chi connectivity index (χ3n) is 5.53. The highest BCUT2D eigenvalue weighted by molar-refractivity contribution is 5.95. The molecule has 0 aromatic carbocycles. The van der Waals surface area contributed by atoms with Crippen molar-refractivity contribution in [3.63, 3.8) is 0 Å². The van der Waals surface area contributed by atoms with Gasteiger partial charge in [-0.1, -0.05) is 12.5 Å². The van der Waals surface area contributed by atoms with E-state index in [9.17, 15) is 20.1 Å². The van der Waals surface area contributed by atoms with Crippen molar-refractivity contribution < 1.29 is 20.1 Å². The van der Waals surface area contributed by atoms with Gasteiger partial charge in [0.2, 0.25) is 0 Å². The number of aliphatic hydroxyl groups excluding tert-OH is 2. The molecule has 2 aliphatic rings. The minimum Gasteiger partial charge on any atom is -0.393 e. The zero-order chi connectivity index (χ0) is 14.4. The van der Waals surface area contributed by atoms with E-state index < -0.39 is 11.7 Å². The van der Waals surface area contributed by atoms with Gasteiger partial charge in [-0.2, -0.15) is 0 Å². The molecular formula is C15H24O4. The van der Waals surface area contributed by atoms with Crippen LogP contribution in [0.5, 0.6) is 0 Å². The van der Waals surface area contributed by atoms with E-state index >= 15 is 0 Å².